The quantitative estimate of drug-likeness (QED) is 0.833. The van der Waals surface area contributed by atoms with E-state index >= 15 is 0 Å². The van der Waals surface area contributed by atoms with Crippen LogP contribution in [0.4, 0.5) is 4.39 Å². The third-order valence-corrected chi connectivity index (χ3v) is 4.74. The monoisotopic (exact) mass is 303 g/mol. The third-order valence-electron chi connectivity index (χ3n) is 4.41. The number of hydrogen-bond donors (Lipinski definition) is 1. The van der Waals surface area contributed by atoms with Gasteiger partial charge < -0.3 is 5.32 Å². The predicted molar refractivity (Wildman–Crippen MR) is 85.3 cm³/mol. The molecular formula is C18H19ClFN. The largest absolute Gasteiger partial charge is 0.309 e. The summed E-state index contributed by atoms with van der Waals surface area (Å²) in [6, 6.07) is 13.1. The number of halogens is 2. The van der Waals surface area contributed by atoms with Crippen molar-refractivity contribution >= 4 is 11.6 Å². The highest BCUT2D eigenvalue weighted by molar-refractivity contribution is 6.31. The van der Waals surface area contributed by atoms with Gasteiger partial charge in [0.25, 0.3) is 0 Å². The Balaban J connectivity index is 2.03. The number of benzene rings is 2. The van der Waals surface area contributed by atoms with Gasteiger partial charge in [0, 0.05) is 5.02 Å². The Morgan fingerprint density at radius 1 is 1.14 bits per heavy atom. The Bertz CT molecular complexity index is 637. The lowest BCUT2D eigenvalue weighted by Crippen LogP contribution is -2.22. The van der Waals surface area contributed by atoms with Crippen molar-refractivity contribution in [3.63, 3.8) is 0 Å². The molecule has 1 N–H and O–H groups in total. The molecule has 2 aromatic rings. The first-order valence-electron chi connectivity index (χ1n) is 7.41. The zero-order valence-electron chi connectivity index (χ0n) is 12.1. The van der Waals surface area contributed by atoms with Gasteiger partial charge in [0.05, 0.1) is 6.04 Å². The number of nitrogens with one attached hydrogen (secondary N) is 1. The summed E-state index contributed by atoms with van der Waals surface area (Å²) in [5.41, 5.74) is 3.56. The minimum Gasteiger partial charge on any atom is -0.309 e. The predicted octanol–water partition coefficient (Wildman–Crippen LogP) is 5.06. The van der Waals surface area contributed by atoms with Crippen molar-refractivity contribution in [2.75, 3.05) is 7.05 Å². The van der Waals surface area contributed by atoms with Crippen molar-refractivity contribution in [3.8, 4) is 0 Å². The molecule has 3 rings (SSSR count). The van der Waals surface area contributed by atoms with Gasteiger partial charge in [0.2, 0.25) is 0 Å². The Labute approximate surface area is 130 Å². The van der Waals surface area contributed by atoms with Crippen LogP contribution < -0.4 is 5.32 Å². The van der Waals surface area contributed by atoms with E-state index in [4.69, 9.17) is 11.6 Å². The molecule has 0 amide bonds. The van der Waals surface area contributed by atoms with Crippen LogP contribution in [0.25, 0.3) is 0 Å². The highest BCUT2D eigenvalue weighted by Crippen LogP contribution is 2.41. The molecule has 0 aliphatic heterocycles. The van der Waals surface area contributed by atoms with Crippen molar-refractivity contribution in [2.45, 2.75) is 31.2 Å². The van der Waals surface area contributed by atoms with E-state index < -0.39 is 0 Å². The van der Waals surface area contributed by atoms with E-state index in [0.717, 1.165) is 5.56 Å². The van der Waals surface area contributed by atoms with Crippen LogP contribution >= 0.6 is 11.6 Å². The van der Waals surface area contributed by atoms with Crippen LogP contribution in [-0.2, 0) is 0 Å². The average molecular weight is 304 g/mol. The Hall–Kier alpha value is -1.38. The zero-order chi connectivity index (χ0) is 14.8. The Morgan fingerprint density at radius 2 is 1.90 bits per heavy atom. The van der Waals surface area contributed by atoms with Crippen molar-refractivity contribution in [1.29, 1.82) is 0 Å². The summed E-state index contributed by atoms with van der Waals surface area (Å²) >= 11 is 6.25. The van der Waals surface area contributed by atoms with Crippen LogP contribution in [-0.4, -0.2) is 7.05 Å². The van der Waals surface area contributed by atoms with Crippen molar-refractivity contribution in [2.24, 2.45) is 0 Å². The molecule has 110 valence electrons. The lowest BCUT2D eigenvalue weighted by molar-refractivity contribution is 0.415. The maximum absolute atomic E-state index is 13.3. The van der Waals surface area contributed by atoms with Crippen molar-refractivity contribution in [1.82, 2.24) is 5.32 Å². The molecule has 0 radical (unpaired) electrons. The molecule has 0 bridgehead atoms. The summed E-state index contributed by atoms with van der Waals surface area (Å²) in [5, 5.41) is 3.80. The van der Waals surface area contributed by atoms with Gasteiger partial charge in [-0.15, -0.1) is 0 Å². The third kappa shape index (κ3) is 2.83. The molecule has 0 saturated heterocycles. The normalized spacial score (nSPS) is 16.5. The summed E-state index contributed by atoms with van der Waals surface area (Å²) in [5.74, 6) is 0.349. The van der Waals surface area contributed by atoms with Gasteiger partial charge in [-0.25, -0.2) is 4.39 Å². The van der Waals surface area contributed by atoms with Gasteiger partial charge in [-0.1, -0.05) is 48.4 Å². The topological polar surface area (TPSA) is 12.0 Å². The van der Waals surface area contributed by atoms with Crippen LogP contribution in [0.5, 0.6) is 0 Å². The van der Waals surface area contributed by atoms with Crippen LogP contribution in [0.15, 0.2) is 42.5 Å². The summed E-state index contributed by atoms with van der Waals surface area (Å²) in [4.78, 5) is 0. The maximum atomic E-state index is 13.3. The van der Waals surface area contributed by atoms with Crippen molar-refractivity contribution in [3.05, 3.63) is 70.0 Å². The second-order valence-corrected chi connectivity index (χ2v) is 6.05. The molecular weight excluding hydrogens is 285 g/mol. The van der Waals surface area contributed by atoms with Crippen LogP contribution in [0.3, 0.4) is 0 Å². The van der Waals surface area contributed by atoms with E-state index in [9.17, 15) is 4.39 Å². The molecule has 2 aromatic carbocycles. The molecule has 3 heteroatoms. The average Bonchev–Trinajstić information content (AvgIpc) is 2.41. The molecule has 1 atom stereocenters. The fraction of sp³-hybridized carbons (Fsp3) is 0.333. The van der Waals surface area contributed by atoms with Gasteiger partial charge in [-0.2, -0.15) is 0 Å². The van der Waals surface area contributed by atoms with Gasteiger partial charge in [-0.3, -0.25) is 0 Å². The number of rotatable bonds is 4. The van der Waals surface area contributed by atoms with Gasteiger partial charge in [0.15, 0.2) is 0 Å². The molecule has 21 heavy (non-hydrogen) atoms. The van der Waals surface area contributed by atoms with Gasteiger partial charge in [0.1, 0.15) is 5.82 Å². The van der Waals surface area contributed by atoms with Crippen LogP contribution in [0.1, 0.15) is 47.9 Å². The minimum atomic E-state index is -0.300. The second-order valence-electron chi connectivity index (χ2n) is 5.64. The Kier molecular flexibility index (Phi) is 4.27. The molecule has 1 fully saturated rings. The zero-order valence-corrected chi connectivity index (χ0v) is 12.8. The van der Waals surface area contributed by atoms with E-state index in [1.807, 2.05) is 7.05 Å². The summed E-state index contributed by atoms with van der Waals surface area (Å²) in [6.45, 7) is 0. The van der Waals surface area contributed by atoms with Crippen LogP contribution in [0, 0.1) is 5.82 Å². The van der Waals surface area contributed by atoms with Gasteiger partial charge in [-0.05, 0) is 54.6 Å². The molecule has 1 aliphatic rings. The molecule has 1 nitrogen and oxygen atoms in total. The first-order valence-corrected chi connectivity index (χ1v) is 7.79. The number of hydrogen-bond acceptors (Lipinski definition) is 1. The first-order chi connectivity index (χ1) is 10.2. The standard InChI is InChI=1S/C18H19ClFN/c1-21-18(16-10-9-13(20)11-17(16)19)15-8-3-2-7-14(15)12-5-4-6-12/h2-3,7-12,18,21H,4-6H2,1H3. The first kappa shape index (κ1) is 14.6. The lowest BCUT2D eigenvalue weighted by Gasteiger charge is -2.31. The summed E-state index contributed by atoms with van der Waals surface area (Å²) in [6.07, 6.45) is 3.82. The summed E-state index contributed by atoms with van der Waals surface area (Å²) in [7, 11) is 1.92. The SMILES string of the molecule is CNC(c1ccc(F)cc1Cl)c1ccccc1C1CCC1. The molecule has 0 spiro atoms. The van der Waals surface area contributed by atoms with E-state index in [1.54, 1.807) is 6.07 Å². The fourth-order valence-electron chi connectivity index (χ4n) is 3.08. The molecule has 0 heterocycles. The lowest BCUT2D eigenvalue weighted by atomic mass is 9.76. The molecule has 1 aliphatic carbocycles. The smallest absolute Gasteiger partial charge is 0.124 e. The minimum absolute atomic E-state index is 0.00472. The second kappa shape index (κ2) is 6.17. The van der Waals surface area contributed by atoms with Gasteiger partial charge >= 0.3 is 0 Å². The fourth-order valence-corrected chi connectivity index (χ4v) is 3.36. The molecule has 0 aromatic heterocycles. The van der Waals surface area contributed by atoms with E-state index in [-0.39, 0.29) is 11.9 Å². The van der Waals surface area contributed by atoms with Crippen LogP contribution in [0.2, 0.25) is 5.02 Å². The highest BCUT2D eigenvalue weighted by atomic mass is 35.5. The van der Waals surface area contributed by atoms with E-state index in [1.165, 1.54) is 42.5 Å². The Morgan fingerprint density at radius 3 is 2.52 bits per heavy atom. The maximum Gasteiger partial charge on any atom is 0.124 e. The van der Waals surface area contributed by atoms with E-state index in [0.29, 0.717) is 10.9 Å². The highest BCUT2D eigenvalue weighted by Gasteiger charge is 2.25. The van der Waals surface area contributed by atoms with Crippen molar-refractivity contribution < 1.29 is 4.39 Å². The molecule has 1 unspecified atom stereocenters. The van der Waals surface area contributed by atoms with E-state index in [2.05, 4.69) is 29.6 Å². The summed E-state index contributed by atoms with van der Waals surface area (Å²) < 4.78 is 13.3. The molecule has 1 saturated carbocycles.